The lowest BCUT2D eigenvalue weighted by atomic mass is 10.1. The van der Waals surface area contributed by atoms with Crippen LogP contribution in [0, 0.1) is 0 Å². The normalized spacial score (nSPS) is 16.7. The highest BCUT2D eigenvalue weighted by atomic mass is 16.5. The summed E-state index contributed by atoms with van der Waals surface area (Å²) in [4.78, 5) is 24.8. The number of benzene rings is 2. The van der Waals surface area contributed by atoms with E-state index in [0.29, 0.717) is 42.2 Å². The van der Waals surface area contributed by atoms with Gasteiger partial charge in [0.2, 0.25) is 5.91 Å². The first kappa shape index (κ1) is 25.3. The summed E-state index contributed by atoms with van der Waals surface area (Å²) in [5.41, 5.74) is 0.693. The van der Waals surface area contributed by atoms with E-state index in [1.807, 2.05) is 53.4 Å². The van der Waals surface area contributed by atoms with Crippen molar-refractivity contribution in [1.29, 1.82) is 0 Å². The van der Waals surface area contributed by atoms with Gasteiger partial charge in [-0.25, -0.2) is 0 Å². The van der Waals surface area contributed by atoms with Crippen molar-refractivity contribution in [3.63, 3.8) is 0 Å². The number of likely N-dealkylation sites (tertiary alicyclic amines) is 1. The summed E-state index contributed by atoms with van der Waals surface area (Å²) in [6.45, 7) is 0.652. The third kappa shape index (κ3) is 7.35. The van der Waals surface area contributed by atoms with E-state index in [0.717, 1.165) is 25.7 Å². The van der Waals surface area contributed by atoms with E-state index in [-0.39, 0.29) is 18.4 Å². The van der Waals surface area contributed by atoms with Crippen LogP contribution >= 0.6 is 0 Å². The maximum atomic E-state index is 12.3. The SMILES string of the molecule is COc1ccccc1Oc1cccc(C(O)/C=C/[C@H]2CCC(=O)N2CCCCCCC(=O)O)c1. The van der Waals surface area contributed by atoms with Gasteiger partial charge in [-0.05, 0) is 49.1 Å². The van der Waals surface area contributed by atoms with Gasteiger partial charge in [-0.15, -0.1) is 0 Å². The molecule has 0 saturated carbocycles. The average Bonchev–Trinajstić information content (AvgIpc) is 3.19. The van der Waals surface area contributed by atoms with Gasteiger partial charge in [0.15, 0.2) is 11.5 Å². The topological polar surface area (TPSA) is 96.3 Å². The molecule has 0 radical (unpaired) electrons. The van der Waals surface area contributed by atoms with E-state index < -0.39 is 12.1 Å². The molecular formula is C27H33NO6. The Labute approximate surface area is 200 Å². The van der Waals surface area contributed by atoms with Crippen molar-refractivity contribution < 1.29 is 29.3 Å². The van der Waals surface area contributed by atoms with Crippen LogP contribution in [0.3, 0.4) is 0 Å². The Morgan fingerprint density at radius 3 is 2.65 bits per heavy atom. The lowest BCUT2D eigenvalue weighted by molar-refractivity contribution is -0.137. The number of hydrogen-bond donors (Lipinski definition) is 2. The number of unbranched alkanes of at least 4 members (excludes halogenated alkanes) is 3. The number of hydrogen-bond acceptors (Lipinski definition) is 5. The summed E-state index contributed by atoms with van der Waals surface area (Å²) in [7, 11) is 1.59. The molecule has 34 heavy (non-hydrogen) atoms. The molecule has 1 aliphatic heterocycles. The number of carboxylic acids is 1. The van der Waals surface area contributed by atoms with Crippen molar-refractivity contribution in [1.82, 2.24) is 4.90 Å². The number of aliphatic carboxylic acids is 1. The molecule has 2 N–H and O–H groups in total. The monoisotopic (exact) mass is 467 g/mol. The summed E-state index contributed by atoms with van der Waals surface area (Å²) >= 11 is 0. The molecule has 1 saturated heterocycles. The van der Waals surface area contributed by atoms with Gasteiger partial charge in [0, 0.05) is 19.4 Å². The minimum absolute atomic E-state index is 0.0332. The number of methoxy groups -OCH3 is 1. The van der Waals surface area contributed by atoms with Crippen molar-refractivity contribution in [2.75, 3.05) is 13.7 Å². The number of nitrogens with zero attached hydrogens (tertiary/aromatic N) is 1. The molecular weight excluding hydrogens is 434 g/mol. The molecule has 2 atom stereocenters. The minimum Gasteiger partial charge on any atom is -0.493 e. The van der Waals surface area contributed by atoms with Crippen LogP contribution in [-0.4, -0.2) is 46.7 Å². The molecule has 1 fully saturated rings. The Balaban J connectivity index is 1.55. The first-order valence-corrected chi connectivity index (χ1v) is 11.8. The van der Waals surface area contributed by atoms with Gasteiger partial charge in [0.05, 0.1) is 19.3 Å². The molecule has 1 heterocycles. The van der Waals surface area contributed by atoms with Gasteiger partial charge in [-0.3, -0.25) is 9.59 Å². The number of ether oxygens (including phenoxy) is 2. The summed E-state index contributed by atoms with van der Waals surface area (Å²) in [5, 5.41) is 19.4. The standard InChI is InChI=1S/C27H33NO6/c1-33-24-11-5-6-12-25(24)34-22-10-8-9-20(19-22)23(29)16-14-21-15-17-26(30)28(21)18-7-3-2-4-13-27(31)32/h5-6,8-12,14,16,19,21,23,29H,2-4,7,13,15,17-18H2,1H3,(H,31,32)/b16-14+/t21-,23?/m0/s1. The molecule has 182 valence electrons. The molecule has 0 spiro atoms. The highest BCUT2D eigenvalue weighted by Crippen LogP contribution is 2.32. The quantitative estimate of drug-likeness (QED) is 0.314. The molecule has 1 unspecified atom stereocenters. The predicted molar refractivity (Wildman–Crippen MR) is 129 cm³/mol. The van der Waals surface area contributed by atoms with E-state index in [1.165, 1.54) is 0 Å². The van der Waals surface area contributed by atoms with Gasteiger partial charge < -0.3 is 24.6 Å². The maximum absolute atomic E-state index is 12.3. The highest BCUT2D eigenvalue weighted by Gasteiger charge is 2.28. The van der Waals surface area contributed by atoms with Gasteiger partial charge >= 0.3 is 5.97 Å². The van der Waals surface area contributed by atoms with E-state index in [1.54, 1.807) is 19.3 Å². The fourth-order valence-electron chi connectivity index (χ4n) is 4.10. The first-order valence-electron chi connectivity index (χ1n) is 11.8. The van der Waals surface area contributed by atoms with E-state index in [2.05, 4.69) is 0 Å². The van der Waals surface area contributed by atoms with E-state index >= 15 is 0 Å². The summed E-state index contributed by atoms with van der Waals surface area (Å²) in [6.07, 6.45) is 7.50. The van der Waals surface area contributed by atoms with Crippen molar-refractivity contribution in [2.45, 2.75) is 57.1 Å². The molecule has 2 aromatic carbocycles. The first-order chi connectivity index (χ1) is 16.5. The number of amides is 1. The molecule has 1 aliphatic rings. The van der Waals surface area contributed by atoms with Crippen LogP contribution in [0.2, 0.25) is 0 Å². The summed E-state index contributed by atoms with van der Waals surface area (Å²) < 4.78 is 11.3. The van der Waals surface area contributed by atoms with Gasteiger partial charge in [0.1, 0.15) is 5.75 Å². The number of rotatable bonds is 13. The van der Waals surface area contributed by atoms with Crippen molar-refractivity contribution in [3.8, 4) is 17.2 Å². The third-order valence-electron chi connectivity index (χ3n) is 5.93. The second kappa shape index (κ2) is 12.8. The third-order valence-corrected chi connectivity index (χ3v) is 5.93. The van der Waals surface area contributed by atoms with Crippen LogP contribution in [0.15, 0.2) is 60.7 Å². The Bertz CT molecular complexity index is 989. The van der Waals surface area contributed by atoms with Crippen LogP contribution in [0.4, 0.5) is 0 Å². The molecule has 7 nitrogen and oxygen atoms in total. The maximum Gasteiger partial charge on any atom is 0.303 e. The Morgan fingerprint density at radius 1 is 1.12 bits per heavy atom. The lowest BCUT2D eigenvalue weighted by Gasteiger charge is -2.22. The lowest BCUT2D eigenvalue weighted by Crippen LogP contribution is -2.32. The van der Waals surface area contributed by atoms with Gasteiger partial charge in [-0.2, -0.15) is 0 Å². The van der Waals surface area contributed by atoms with E-state index in [9.17, 15) is 14.7 Å². The van der Waals surface area contributed by atoms with Crippen molar-refractivity contribution in [3.05, 3.63) is 66.2 Å². The molecule has 0 aliphatic carbocycles. The van der Waals surface area contributed by atoms with Crippen LogP contribution in [0.5, 0.6) is 17.2 Å². The van der Waals surface area contributed by atoms with Gasteiger partial charge in [0.25, 0.3) is 0 Å². The average molecular weight is 468 g/mol. The molecule has 3 rings (SSSR count). The number of carboxylic acid groups (broad SMARTS) is 1. The largest absolute Gasteiger partial charge is 0.493 e. The smallest absolute Gasteiger partial charge is 0.303 e. The Morgan fingerprint density at radius 2 is 1.88 bits per heavy atom. The number of carbonyl (C=O) groups is 2. The van der Waals surface area contributed by atoms with Crippen LogP contribution in [0.25, 0.3) is 0 Å². The second-order valence-corrected chi connectivity index (χ2v) is 8.41. The van der Waals surface area contributed by atoms with Gasteiger partial charge in [-0.1, -0.05) is 49.3 Å². The van der Waals surface area contributed by atoms with Crippen LogP contribution < -0.4 is 9.47 Å². The molecule has 1 amide bonds. The Kier molecular flexibility index (Phi) is 9.52. The van der Waals surface area contributed by atoms with Crippen LogP contribution in [0.1, 0.15) is 56.6 Å². The van der Waals surface area contributed by atoms with Crippen LogP contribution in [-0.2, 0) is 9.59 Å². The summed E-state index contributed by atoms with van der Waals surface area (Å²) in [6, 6.07) is 14.6. The Hall–Kier alpha value is -3.32. The highest BCUT2D eigenvalue weighted by molar-refractivity contribution is 5.79. The second-order valence-electron chi connectivity index (χ2n) is 8.41. The fourth-order valence-corrected chi connectivity index (χ4v) is 4.10. The fraction of sp³-hybridized carbons (Fsp3) is 0.407. The van der Waals surface area contributed by atoms with Crippen molar-refractivity contribution in [2.24, 2.45) is 0 Å². The molecule has 0 bridgehead atoms. The zero-order valence-corrected chi connectivity index (χ0v) is 19.6. The van der Waals surface area contributed by atoms with E-state index in [4.69, 9.17) is 14.6 Å². The number of aliphatic hydroxyl groups is 1. The predicted octanol–water partition coefficient (Wildman–Crippen LogP) is 5.10. The zero-order chi connectivity index (χ0) is 24.3. The number of carbonyl (C=O) groups excluding carboxylic acids is 1. The molecule has 0 aromatic heterocycles. The molecule has 2 aromatic rings. The molecule has 7 heteroatoms. The number of para-hydroxylation sites is 2. The minimum atomic E-state index is -0.824. The zero-order valence-electron chi connectivity index (χ0n) is 19.6. The number of aliphatic hydroxyl groups excluding tert-OH is 1. The summed E-state index contributed by atoms with van der Waals surface area (Å²) in [5.74, 6) is 1.17. The van der Waals surface area contributed by atoms with Crippen molar-refractivity contribution >= 4 is 11.9 Å².